The minimum atomic E-state index is -0.339. The average Bonchev–Trinajstić information content (AvgIpc) is 3.08. The summed E-state index contributed by atoms with van der Waals surface area (Å²) < 4.78 is 0. The molecule has 1 unspecified atom stereocenters. The molecule has 27 heavy (non-hydrogen) atoms. The number of hydrogen-bond acceptors (Lipinski definition) is 3. The van der Waals surface area contributed by atoms with Crippen LogP contribution in [0.4, 0.5) is 11.4 Å². The molecule has 1 atom stereocenters. The predicted octanol–water partition coefficient (Wildman–Crippen LogP) is 2.27. The van der Waals surface area contributed by atoms with Gasteiger partial charge in [0.05, 0.1) is 18.2 Å². The zero-order valence-electron chi connectivity index (χ0n) is 15.6. The molecule has 2 amide bonds. The summed E-state index contributed by atoms with van der Waals surface area (Å²) in [6.45, 7) is 0.669. The summed E-state index contributed by atoms with van der Waals surface area (Å²) in [6, 6.07) is 17.3. The summed E-state index contributed by atoms with van der Waals surface area (Å²) in [6.07, 6.45) is 0.234. The number of hydrogen-bond donors (Lipinski definition) is 1. The predicted molar refractivity (Wildman–Crippen MR) is 108 cm³/mol. The van der Waals surface area contributed by atoms with Crippen molar-refractivity contribution in [3.63, 3.8) is 0 Å². The first-order valence-corrected chi connectivity index (χ1v) is 8.94. The molecule has 5 nitrogen and oxygen atoms in total. The van der Waals surface area contributed by atoms with Gasteiger partial charge in [0.15, 0.2) is 0 Å². The number of para-hydroxylation sites is 2. The highest BCUT2D eigenvalue weighted by molar-refractivity contribution is 6.00. The van der Waals surface area contributed by atoms with Gasteiger partial charge in [-0.15, -0.1) is 0 Å². The van der Waals surface area contributed by atoms with Crippen molar-refractivity contribution < 1.29 is 9.59 Å². The fourth-order valence-electron chi connectivity index (χ4n) is 3.13. The van der Waals surface area contributed by atoms with Crippen LogP contribution in [0, 0.1) is 17.8 Å². The third-order valence-corrected chi connectivity index (χ3v) is 4.52. The number of nitrogens with zero attached hydrogens (tertiary/aromatic N) is 2. The molecule has 1 heterocycles. The second-order valence-electron chi connectivity index (χ2n) is 6.67. The van der Waals surface area contributed by atoms with Gasteiger partial charge in [-0.2, -0.15) is 0 Å². The Kier molecular flexibility index (Phi) is 5.77. The minimum Gasteiger partial charge on any atom is -0.377 e. The first-order valence-electron chi connectivity index (χ1n) is 8.94. The molecule has 1 fully saturated rings. The van der Waals surface area contributed by atoms with Crippen molar-refractivity contribution in [2.24, 2.45) is 5.92 Å². The molecule has 0 saturated carbocycles. The number of rotatable bonds is 4. The molecule has 0 aliphatic carbocycles. The van der Waals surface area contributed by atoms with Gasteiger partial charge in [-0.1, -0.05) is 42.2 Å². The van der Waals surface area contributed by atoms with E-state index in [1.807, 2.05) is 73.6 Å². The number of benzene rings is 2. The third kappa shape index (κ3) is 4.48. The molecule has 1 saturated heterocycles. The number of carbonyl (C=O) groups excluding carboxylic acids is 2. The molecule has 0 spiro atoms. The van der Waals surface area contributed by atoms with Crippen LogP contribution >= 0.6 is 0 Å². The van der Waals surface area contributed by atoms with Crippen molar-refractivity contribution in [1.82, 2.24) is 5.32 Å². The van der Waals surface area contributed by atoms with Crippen LogP contribution in [0.3, 0.4) is 0 Å². The summed E-state index contributed by atoms with van der Waals surface area (Å²) in [5, 5.41) is 2.83. The van der Waals surface area contributed by atoms with E-state index < -0.39 is 0 Å². The Labute approximate surface area is 160 Å². The van der Waals surface area contributed by atoms with Gasteiger partial charge in [0.25, 0.3) is 0 Å². The molecule has 2 aromatic carbocycles. The summed E-state index contributed by atoms with van der Waals surface area (Å²) in [5.74, 6) is 5.61. The van der Waals surface area contributed by atoms with E-state index in [0.717, 1.165) is 16.9 Å². The normalized spacial score (nSPS) is 15.9. The van der Waals surface area contributed by atoms with Crippen molar-refractivity contribution in [2.75, 3.05) is 37.0 Å². The van der Waals surface area contributed by atoms with E-state index in [1.54, 1.807) is 4.90 Å². The smallest absolute Gasteiger partial charge is 0.227 e. The zero-order valence-corrected chi connectivity index (χ0v) is 15.6. The van der Waals surface area contributed by atoms with Gasteiger partial charge in [-0.3, -0.25) is 9.59 Å². The second kappa shape index (κ2) is 8.41. The SMILES string of the molecule is CN(C)c1ccccc1C#CCNC(=O)C1CC(=O)N(c2ccccc2)C1. The van der Waals surface area contributed by atoms with E-state index in [-0.39, 0.29) is 30.7 Å². The largest absolute Gasteiger partial charge is 0.377 e. The van der Waals surface area contributed by atoms with Gasteiger partial charge >= 0.3 is 0 Å². The Morgan fingerprint density at radius 3 is 2.59 bits per heavy atom. The van der Waals surface area contributed by atoms with E-state index >= 15 is 0 Å². The maximum atomic E-state index is 12.4. The first kappa shape index (κ1) is 18.5. The Morgan fingerprint density at radius 1 is 1.15 bits per heavy atom. The topological polar surface area (TPSA) is 52.7 Å². The molecule has 1 aliphatic rings. The molecule has 3 rings (SSSR count). The Bertz CT molecular complexity index is 881. The number of amides is 2. The lowest BCUT2D eigenvalue weighted by atomic mass is 10.1. The van der Waals surface area contributed by atoms with E-state index in [9.17, 15) is 9.59 Å². The molecule has 2 aromatic rings. The maximum absolute atomic E-state index is 12.4. The van der Waals surface area contributed by atoms with E-state index in [2.05, 4.69) is 17.2 Å². The van der Waals surface area contributed by atoms with E-state index in [1.165, 1.54) is 0 Å². The van der Waals surface area contributed by atoms with Crippen molar-refractivity contribution in [3.8, 4) is 11.8 Å². The van der Waals surface area contributed by atoms with Crippen LogP contribution in [-0.4, -0.2) is 39.0 Å². The fourth-order valence-corrected chi connectivity index (χ4v) is 3.13. The standard InChI is InChI=1S/C22H23N3O2/c1-24(2)20-13-7-6-9-17(20)10-8-14-23-22(27)18-15-21(26)25(16-18)19-11-4-3-5-12-19/h3-7,9,11-13,18H,14-16H2,1-2H3,(H,23,27). The molecule has 1 N–H and O–H groups in total. The van der Waals surface area contributed by atoms with Crippen molar-refractivity contribution in [3.05, 3.63) is 60.2 Å². The van der Waals surface area contributed by atoms with Gasteiger partial charge in [-0.05, 0) is 24.3 Å². The molecule has 0 radical (unpaired) electrons. The molecule has 138 valence electrons. The second-order valence-corrected chi connectivity index (χ2v) is 6.67. The highest BCUT2D eigenvalue weighted by atomic mass is 16.2. The van der Waals surface area contributed by atoms with E-state index in [4.69, 9.17) is 0 Å². The van der Waals surface area contributed by atoms with Crippen LogP contribution in [0.25, 0.3) is 0 Å². The molecule has 5 heteroatoms. The van der Waals surface area contributed by atoms with Gasteiger partial charge in [0, 0.05) is 38.3 Å². The zero-order chi connectivity index (χ0) is 19.2. The van der Waals surface area contributed by atoms with Crippen molar-refractivity contribution in [2.45, 2.75) is 6.42 Å². The van der Waals surface area contributed by atoms with Gasteiger partial charge in [-0.25, -0.2) is 0 Å². The van der Waals surface area contributed by atoms with Crippen molar-refractivity contribution in [1.29, 1.82) is 0 Å². The minimum absolute atomic E-state index is 0.0210. The summed E-state index contributed by atoms with van der Waals surface area (Å²) in [7, 11) is 3.94. The Balaban J connectivity index is 1.56. The molecule has 1 aliphatic heterocycles. The van der Waals surface area contributed by atoms with Crippen LogP contribution in [0.5, 0.6) is 0 Å². The number of carbonyl (C=O) groups is 2. The maximum Gasteiger partial charge on any atom is 0.227 e. The third-order valence-electron chi connectivity index (χ3n) is 4.52. The number of nitrogens with one attached hydrogen (secondary N) is 1. The average molecular weight is 361 g/mol. The molecule has 0 aromatic heterocycles. The van der Waals surface area contributed by atoms with Crippen LogP contribution in [0.2, 0.25) is 0 Å². The summed E-state index contributed by atoms with van der Waals surface area (Å²) >= 11 is 0. The van der Waals surface area contributed by atoms with Crippen LogP contribution in [0.1, 0.15) is 12.0 Å². The molecular weight excluding hydrogens is 338 g/mol. The molecular formula is C22H23N3O2. The fraction of sp³-hybridized carbons (Fsp3) is 0.273. The first-order chi connectivity index (χ1) is 13.1. The van der Waals surface area contributed by atoms with Crippen LogP contribution in [-0.2, 0) is 9.59 Å². The van der Waals surface area contributed by atoms with Crippen molar-refractivity contribution >= 4 is 23.2 Å². The lowest BCUT2D eigenvalue weighted by molar-refractivity contribution is -0.126. The monoisotopic (exact) mass is 361 g/mol. The summed E-state index contributed by atoms with van der Waals surface area (Å²) in [5.41, 5.74) is 2.79. The highest BCUT2D eigenvalue weighted by Crippen LogP contribution is 2.24. The highest BCUT2D eigenvalue weighted by Gasteiger charge is 2.34. The Hall–Kier alpha value is -3.26. The van der Waals surface area contributed by atoms with Gasteiger partial charge in [0.1, 0.15) is 0 Å². The lowest BCUT2D eigenvalue weighted by Gasteiger charge is -2.16. The van der Waals surface area contributed by atoms with Gasteiger partial charge in [0.2, 0.25) is 11.8 Å². The van der Waals surface area contributed by atoms with Crippen LogP contribution < -0.4 is 15.1 Å². The van der Waals surface area contributed by atoms with Gasteiger partial charge < -0.3 is 15.1 Å². The number of anilines is 2. The quantitative estimate of drug-likeness (QED) is 0.850. The Morgan fingerprint density at radius 2 is 1.85 bits per heavy atom. The van der Waals surface area contributed by atoms with E-state index in [0.29, 0.717) is 6.54 Å². The summed E-state index contributed by atoms with van der Waals surface area (Å²) in [4.78, 5) is 28.3. The molecule has 0 bridgehead atoms. The lowest BCUT2D eigenvalue weighted by Crippen LogP contribution is -2.33. The van der Waals surface area contributed by atoms with Crippen LogP contribution in [0.15, 0.2) is 54.6 Å².